The molecule has 6 nitrogen and oxygen atoms in total. The molecular weight excluding hydrogens is 524 g/mol. The summed E-state index contributed by atoms with van der Waals surface area (Å²) in [6.07, 6.45) is 1.33. The van der Waals surface area contributed by atoms with Crippen LogP contribution in [0.25, 0.3) is 17.5 Å². The monoisotopic (exact) mass is 533 g/mol. The summed E-state index contributed by atoms with van der Waals surface area (Å²) in [5.74, 6) is -0.734. The van der Waals surface area contributed by atoms with Gasteiger partial charge in [-0.3, -0.25) is 5.10 Å². The van der Waals surface area contributed by atoms with Crippen LogP contribution in [-0.4, -0.2) is 31.4 Å². The molecule has 0 spiro atoms. The first-order valence-electron chi connectivity index (χ1n) is 7.32. The molecule has 0 bridgehead atoms. The first kappa shape index (κ1) is 20.0. The fraction of sp³-hybridized carbons (Fsp3) is 0. The Kier molecular flexibility index (Phi) is 6.30. The first-order valence-corrected chi connectivity index (χ1v) is 9.98. The van der Waals surface area contributed by atoms with Crippen molar-refractivity contribution < 1.29 is 15.0 Å². The molecule has 1 heterocycles. The zero-order valence-electron chi connectivity index (χ0n) is 13.3. The maximum atomic E-state index is 11.6. The average molecular weight is 534 g/mol. The molecule has 0 aliphatic rings. The topological polar surface area (TPSA) is 99.1 Å². The van der Waals surface area contributed by atoms with E-state index in [1.807, 2.05) is 22.6 Å². The predicted molar refractivity (Wildman–Crippen MR) is 114 cm³/mol. The van der Waals surface area contributed by atoms with Crippen LogP contribution in [0.15, 0.2) is 46.5 Å². The van der Waals surface area contributed by atoms with Gasteiger partial charge in [0.05, 0.1) is 3.57 Å². The number of aliphatic carboxylic acids is 1. The third kappa shape index (κ3) is 4.95. The molecule has 10 heteroatoms. The summed E-state index contributed by atoms with van der Waals surface area (Å²) in [5, 5.41) is 27.6. The van der Waals surface area contributed by atoms with E-state index in [4.69, 9.17) is 23.2 Å². The van der Waals surface area contributed by atoms with E-state index in [1.165, 1.54) is 12.1 Å². The zero-order chi connectivity index (χ0) is 19.6. The van der Waals surface area contributed by atoms with Gasteiger partial charge in [-0.1, -0.05) is 23.2 Å². The lowest BCUT2D eigenvalue weighted by Crippen LogP contribution is -1.97. The summed E-state index contributed by atoms with van der Waals surface area (Å²) >= 11 is 14.6. The number of hydrogen-bond donors (Lipinski definition) is 3. The maximum Gasteiger partial charge on any atom is 0.342 e. The minimum Gasteiger partial charge on any atom is -0.506 e. The van der Waals surface area contributed by atoms with Gasteiger partial charge >= 0.3 is 5.97 Å². The molecule has 0 unspecified atom stereocenters. The lowest BCUT2D eigenvalue weighted by atomic mass is 10.2. The van der Waals surface area contributed by atoms with E-state index in [0.29, 0.717) is 25.0 Å². The highest BCUT2D eigenvalue weighted by atomic mass is 127. The van der Waals surface area contributed by atoms with Crippen LogP contribution >= 0.6 is 57.6 Å². The van der Waals surface area contributed by atoms with Gasteiger partial charge in [0, 0.05) is 21.2 Å². The molecule has 3 rings (SSSR count). The lowest BCUT2D eigenvalue weighted by Gasteiger charge is -2.05. The minimum absolute atomic E-state index is 0.0452. The number of nitrogens with one attached hydrogen (secondary N) is 1. The van der Waals surface area contributed by atoms with Crippen LogP contribution in [0.3, 0.4) is 0 Å². The van der Waals surface area contributed by atoms with E-state index in [-0.39, 0.29) is 15.8 Å². The Hall–Kier alpha value is -1.75. The van der Waals surface area contributed by atoms with Gasteiger partial charge in [0.15, 0.2) is 5.82 Å². The van der Waals surface area contributed by atoms with Crippen LogP contribution in [0.1, 0.15) is 5.56 Å². The van der Waals surface area contributed by atoms with E-state index in [9.17, 15) is 15.0 Å². The number of rotatable bonds is 5. The van der Waals surface area contributed by atoms with Crippen molar-refractivity contribution in [2.45, 2.75) is 5.16 Å². The summed E-state index contributed by atoms with van der Waals surface area (Å²) in [4.78, 5) is 15.8. The van der Waals surface area contributed by atoms with Gasteiger partial charge in [0.25, 0.3) is 0 Å². The van der Waals surface area contributed by atoms with Crippen LogP contribution in [0.2, 0.25) is 10.0 Å². The molecule has 0 fully saturated rings. The molecule has 0 aliphatic heterocycles. The number of aromatic amines is 1. The Balaban J connectivity index is 1.90. The molecule has 0 amide bonds. The number of carbonyl (C=O) groups is 1. The van der Waals surface area contributed by atoms with Crippen molar-refractivity contribution >= 4 is 69.6 Å². The highest BCUT2D eigenvalue weighted by molar-refractivity contribution is 14.1. The minimum atomic E-state index is -1.17. The molecule has 1 aromatic heterocycles. The summed E-state index contributed by atoms with van der Waals surface area (Å²) < 4.78 is 0.518. The Bertz CT molecular complexity index is 1040. The number of benzene rings is 2. The smallest absolute Gasteiger partial charge is 0.342 e. The largest absolute Gasteiger partial charge is 0.506 e. The van der Waals surface area contributed by atoms with Crippen molar-refractivity contribution in [3.8, 4) is 17.1 Å². The Morgan fingerprint density at radius 1 is 1.19 bits per heavy atom. The molecule has 138 valence electrons. The lowest BCUT2D eigenvalue weighted by molar-refractivity contribution is -0.131. The van der Waals surface area contributed by atoms with Gasteiger partial charge < -0.3 is 10.2 Å². The second-order valence-electron chi connectivity index (χ2n) is 5.21. The van der Waals surface area contributed by atoms with Gasteiger partial charge in [0.1, 0.15) is 10.7 Å². The number of phenolic OH excluding ortho intramolecular Hbond substituents is 1. The van der Waals surface area contributed by atoms with Crippen LogP contribution in [0.5, 0.6) is 5.75 Å². The third-order valence-electron chi connectivity index (χ3n) is 3.34. The highest BCUT2D eigenvalue weighted by Crippen LogP contribution is 2.33. The first-order chi connectivity index (χ1) is 12.8. The van der Waals surface area contributed by atoms with Crippen molar-refractivity contribution in [3.05, 3.63) is 60.5 Å². The summed E-state index contributed by atoms with van der Waals surface area (Å²) in [7, 11) is 0. The summed E-state index contributed by atoms with van der Waals surface area (Å²) in [6.45, 7) is 0. The van der Waals surface area contributed by atoms with E-state index in [2.05, 4.69) is 15.2 Å². The number of phenols is 1. The number of H-pyrrole nitrogens is 1. The number of aromatic hydroxyl groups is 1. The fourth-order valence-corrected chi connectivity index (χ4v) is 3.98. The van der Waals surface area contributed by atoms with Crippen LogP contribution in [-0.2, 0) is 4.79 Å². The zero-order valence-corrected chi connectivity index (χ0v) is 17.8. The molecular formula is C17H10Cl2IN3O3S. The maximum absolute atomic E-state index is 11.6. The number of thioether (sulfide) groups is 1. The number of aromatic nitrogens is 3. The molecule has 27 heavy (non-hydrogen) atoms. The Labute approximate surface area is 181 Å². The third-order valence-corrected chi connectivity index (χ3v) is 5.51. The van der Waals surface area contributed by atoms with Crippen molar-refractivity contribution in [2.24, 2.45) is 0 Å². The number of carboxylic acid groups (broad SMARTS) is 1. The highest BCUT2D eigenvalue weighted by Gasteiger charge is 2.16. The summed E-state index contributed by atoms with van der Waals surface area (Å²) in [5.41, 5.74) is 1.06. The number of nitrogens with zero attached hydrogens (tertiary/aromatic N) is 2. The molecule has 0 aliphatic carbocycles. The quantitative estimate of drug-likeness (QED) is 0.233. The standard InChI is InChI=1S/C17H10Cl2IN3O3S/c18-10-3-1-8(2-4-10)15-21-17(23-22-15)27-13(16(25)26)6-9-5-11(19)7-12(20)14(9)24/h1-7,24H,(H,25,26)(H,21,22,23)/b13-6-. The van der Waals surface area contributed by atoms with E-state index < -0.39 is 5.97 Å². The van der Waals surface area contributed by atoms with E-state index in [1.54, 1.807) is 30.3 Å². The van der Waals surface area contributed by atoms with Gasteiger partial charge in [0.2, 0.25) is 5.16 Å². The van der Waals surface area contributed by atoms with E-state index in [0.717, 1.165) is 17.3 Å². The second kappa shape index (κ2) is 8.51. The molecule has 2 aromatic carbocycles. The van der Waals surface area contributed by atoms with Crippen LogP contribution in [0, 0.1) is 3.57 Å². The van der Waals surface area contributed by atoms with E-state index >= 15 is 0 Å². The second-order valence-corrected chi connectivity index (χ2v) is 8.26. The van der Waals surface area contributed by atoms with Crippen LogP contribution < -0.4 is 0 Å². The summed E-state index contributed by atoms with van der Waals surface area (Å²) in [6, 6.07) is 10.1. The number of carboxylic acids is 1. The molecule has 0 saturated carbocycles. The van der Waals surface area contributed by atoms with Gasteiger partial charge in [-0.25, -0.2) is 9.78 Å². The predicted octanol–water partition coefficient (Wildman–Crippen LogP) is 5.31. The van der Waals surface area contributed by atoms with Crippen molar-refractivity contribution in [3.63, 3.8) is 0 Å². The molecule has 3 N–H and O–H groups in total. The molecule has 3 aromatic rings. The molecule has 0 saturated heterocycles. The molecule has 0 radical (unpaired) electrons. The van der Waals surface area contributed by atoms with Crippen molar-refractivity contribution in [1.82, 2.24) is 15.2 Å². The Morgan fingerprint density at radius 3 is 2.56 bits per heavy atom. The normalized spacial score (nSPS) is 11.6. The average Bonchev–Trinajstić information content (AvgIpc) is 3.07. The SMILES string of the molecule is O=C(O)/C(=C/c1cc(Cl)cc(I)c1O)Sc1n[nH]c(-c2ccc(Cl)cc2)n1. The fourth-order valence-electron chi connectivity index (χ4n) is 2.10. The van der Waals surface area contributed by atoms with Crippen molar-refractivity contribution in [2.75, 3.05) is 0 Å². The number of hydrogen-bond acceptors (Lipinski definition) is 5. The Morgan fingerprint density at radius 2 is 1.89 bits per heavy atom. The van der Waals surface area contributed by atoms with Crippen molar-refractivity contribution in [1.29, 1.82) is 0 Å². The van der Waals surface area contributed by atoms with Gasteiger partial charge in [-0.05, 0) is 76.8 Å². The van der Waals surface area contributed by atoms with Crippen LogP contribution in [0.4, 0.5) is 0 Å². The van der Waals surface area contributed by atoms with Gasteiger partial charge in [-0.2, -0.15) is 0 Å². The molecule has 0 atom stereocenters. The number of halogens is 3. The van der Waals surface area contributed by atoms with Gasteiger partial charge in [-0.15, -0.1) is 5.10 Å².